The molecule has 0 aromatic rings. The Morgan fingerprint density at radius 1 is 1.00 bits per heavy atom. The van der Waals surface area contributed by atoms with Crippen LogP contribution in [0.1, 0.15) is 0 Å². The van der Waals surface area contributed by atoms with Gasteiger partial charge >= 0.3 is 50.6 Å². The van der Waals surface area contributed by atoms with Crippen LogP contribution in [0.2, 0.25) is 0 Å². The molecule has 0 spiro atoms. The van der Waals surface area contributed by atoms with Gasteiger partial charge in [-0.25, -0.2) is 0 Å². The van der Waals surface area contributed by atoms with E-state index in [4.69, 9.17) is 0 Å². The van der Waals surface area contributed by atoms with Crippen molar-refractivity contribution in [3.63, 3.8) is 0 Å². The average Bonchev–Trinajstić information content (AvgIpc) is 0. The van der Waals surface area contributed by atoms with Crippen molar-refractivity contribution in [1.29, 1.82) is 0 Å². The summed E-state index contributed by atoms with van der Waals surface area (Å²) in [5.74, 6) is 0. The summed E-state index contributed by atoms with van der Waals surface area (Å²) in [4.78, 5) is 0. The van der Waals surface area contributed by atoms with Crippen molar-refractivity contribution in [2.24, 2.45) is 0 Å². The Morgan fingerprint density at radius 2 is 1.00 bits per heavy atom. The maximum Gasteiger partial charge on any atom is 0 e. The summed E-state index contributed by atoms with van der Waals surface area (Å²) in [6.45, 7) is 0. The van der Waals surface area contributed by atoms with Gasteiger partial charge in [0.2, 0.25) is 0 Å². The molecule has 0 rings (SSSR count). The van der Waals surface area contributed by atoms with Crippen LogP contribution in [0.5, 0.6) is 0 Å². The Labute approximate surface area is 85.7 Å². The molecule has 0 unspecified atom stereocenters. The Kier molecular flexibility index (Phi) is 122. The number of rotatable bonds is 0. The van der Waals surface area contributed by atoms with Crippen LogP contribution >= 0.6 is 0 Å². The first-order chi connectivity index (χ1) is 0. The zero-order valence-electron chi connectivity index (χ0n) is 2.50. The van der Waals surface area contributed by atoms with Gasteiger partial charge in [-0.3, -0.25) is 0 Å². The summed E-state index contributed by atoms with van der Waals surface area (Å²) >= 11 is 0. The minimum absolute atomic E-state index is 0. The second-order valence-corrected chi connectivity index (χ2v) is 0. The molecule has 0 amide bonds. The van der Waals surface area contributed by atoms with E-state index in [1.807, 2.05) is 0 Å². The molecule has 0 saturated heterocycles. The van der Waals surface area contributed by atoms with E-state index in [0.717, 1.165) is 0 Å². The molecule has 0 atom stereocenters. The molecule has 25 valence electrons. The van der Waals surface area contributed by atoms with Crippen LogP contribution in [0, 0.1) is 0 Å². The van der Waals surface area contributed by atoms with Crippen molar-refractivity contribution in [2.75, 3.05) is 0 Å². The van der Waals surface area contributed by atoms with E-state index in [9.17, 15) is 0 Å². The first kappa shape index (κ1) is 28.9. The van der Waals surface area contributed by atoms with Crippen LogP contribution in [0.3, 0.4) is 0 Å². The molecule has 4 heavy (non-hydrogen) atoms. The summed E-state index contributed by atoms with van der Waals surface area (Å²) in [5, 5.41) is 0. The molecule has 0 fully saturated rings. The van der Waals surface area contributed by atoms with Crippen molar-refractivity contribution < 1.29 is 36.5 Å². The van der Waals surface area contributed by atoms with Gasteiger partial charge in [0.15, 0.2) is 0 Å². The van der Waals surface area contributed by atoms with E-state index >= 15 is 0 Å². The van der Waals surface area contributed by atoms with Crippen molar-refractivity contribution in [1.82, 2.24) is 0 Å². The van der Waals surface area contributed by atoms with E-state index in [2.05, 4.69) is 0 Å². The fraction of sp³-hybridized carbons (Fsp3) is 0. The van der Waals surface area contributed by atoms with Gasteiger partial charge in [-0.05, 0) is 0 Å². The molecule has 0 aliphatic carbocycles. The Balaban J connectivity index is 0. The normalized spacial score (nSPS) is 0. The van der Waals surface area contributed by atoms with Crippen LogP contribution in [-0.4, -0.2) is 50.6 Å². The SMILES string of the molecule is [BiH3].[Mn].[SbH3].[Zn]. The molecule has 0 N–H and O–H groups in total. The molecule has 0 aliphatic rings. The molecule has 4 heteroatoms. The summed E-state index contributed by atoms with van der Waals surface area (Å²) in [7, 11) is 0. The predicted molar refractivity (Wildman–Crippen MR) is 19.9 cm³/mol. The van der Waals surface area contributed by atoms with Gasteiger partial charge in [-0.1, -0.05) is 0 Å². The second-order valence-electron chi connectivity index (χ2n) is 0. The fourth-order valence-electron chi connectivity index (χ4n) is 0. The Morgan fingerprint density at radius 3 is 1.00 bits per heavy atom. The number of hydrogen-bond donors (Lipinski definition) is 0. The first-order valence-corrected chi connectivity index (χ1v) is 0. The fourth-order valence-corrected chi connectivity index (χ4v) is 0. The van der Waals surface area contributed by atoms with E-state index in [0.29, 0.717) is 0 Å². The van der Waals surface area contributed by atoms with E-state index in [-0.39, 0.29) is 87.2 Å². The third-order valence-electron chi connectivity index (χ3n) is 0. The molecule has 0 heterocycles. The molecule has 0 nitrogen and oxygen atoms in total. The molecule has 0 aliphatic heterocycles. The van der Waals surface area contributed by atoms with Crippen molar-refractivity contribution >= 4 is 50.6 Å². The monoisotopic (exact) mass is 455 g/mol. The summed E-state index contributed by atoms with van der Waals surface area (Å²) < 4.78 is 0. The summed E-state index contributed by atoms with van der Waals surface area (Å²) in [6, 6.07) is 0. The average molecular weight is 457 g/mol. The van der Waals surface area contributed by atoms with Gasteiger partial charge in [0.05, 0.1) is 0 Å². The van der Waals surface area contributed by atoms with E-state index < -0.39 is 0 Å². The van der Waals surface area contributed by atoms with Crippen LogP contribution < -0.4 is 0 Å². The topological polar surface area (TPSA) is 0 Å². The first-order valence-electron chi connectivity index (χ1n) is 0. The summed E-state index contributed by atoms with van der Waals surface area (Å²) in [5.41, 5.74) is 0. The van der Waals surface area contributed by atoms with Gasteiger partial charge in [0.25, 0.3) is 0 Å². The second kappa shape index (κ2) is 17.0. The third kappa shape index (κ3) is 8.85. The molecule has 0 aromatic carbocycles. The van der Waals surface area contributed by atoms with Crippen LogP contribution in [0.15, 0.2) is 0 Å². The maximum atomic E-state index is 0. The van der Waals surface area contributed by atoms with Crippen LogP contribution in [-0.2, 0) is 36.5 Å². The van der Waals surface area contributed by atoms with Crippen molar-refractivity contribution in [3.05, 3.63) is 0 Å². The van der Waals surface area contributed by atoms with Crippen molar-refractivity contribution in [3.8, 4) is 0 Å². The summed E-state index contributed by atoms with van der Waals surface area (Å²) in [6.07, 6.45) is 0. The van der Waals surface area contributed by atoms with Crippen LogP contribution in [0.25, 0.3) is 0 Å². The van der Waals surface area contributed by atoms with Gasteiger partial charge in [0.1, 0.15) is 0 Å². The van der Waals surface area contributed by atoms with Gasteiger partial charge in [-0.2, -0.15) is 0 Å². The van der Waals surface area contributed by atoms with Gasteiger partial charge in [0, 0.05) is 36.5 Å². The maximum absolute atomic E-state index is 0. The minimum atomic E-state index is 0. The van der Waals surface area contributed by atoms with Crippen molar-refractivity contribution in [2.45, 2.75) is 0 Å². The third-order valence-corrected chi connectivity index (χ3v) is 0. The quantitative estimate of drug-likeness (QED) is 0.357. The number of hydrogen-bond acceptors (Lipinski definition) is 0. The van der Waals surface area contributed by atoms with Crippen LogP contribution in [0.4, 0.5) is 0 Å². The largest absolute Gasteiger partial charge is 0 e. The molecule has 1 radical (unpaired) electrons. The Hall–Kier alpha value is 2.84. The van der Waals surface area contributed by atoms with Gasteiger partial charge < -0.3 is 0 Å². The Bertz CT molecular complexity index is 8.00. The molecule has 0 saturated carbocycles. The molecule has 0 bridgehead atoms. The smallest absolute Gasteiger partial charge is 0 e. The standard InChI is InChI=1S/Bi.Mn.Sb.Zn.6H. The zero-order chi connectivity index (χ0) is 0. The predicted octanol–water partition coefficient (Wildman–Crippen LogP) is -2.37. The van der Waals surface area contributed by atoms with E-state index in [1.54, 1.807) is 0 Å². The van der Waals surface area contributed by atoms with Gasteiger partial charge in [-0.15, -0.1) is 0 Å². The van der Waals surface area contributed by atoms with E-state index in [1.165, 1.54) is 0 Å². The molecular weight excluding hydrogens is 451 g/mol. The molecular formula is H6BiMnSbZn. The molecule has 0 aromatic heterocycles. The zero-order valence-corrected chi connectivity index (χ0v) is 16.2. The minimum Gasteiger partial charge on any atom is 0 e.